The Morgan fingerprint density at radius 2 is 2.12 bits per heavy atom. The van der Waals surface area contributed by atoms with Crippen LogP contribution in [0.25, 0.3) is 20.7 Å². The Balaban J connectivity index is 2.38. The van der Waals surface area contributed by atoms with Gasteiger partial charge in [0.1, 0.15) is 6.07 Å². The molecule has 0 aliphatic carbocycles. The van der Waals surface area contributed by atoms with Gasteiger partial charge in [0.2, 0.25) is 0 Å². The van der Waals surface area contributed by atoms with Gasteiger partial charge in [-0.2, -0.15) is 10.4 Å². The molecule has 2 aromatic heterocycles. The lowest BCUT2D eigenvalue weighted by Crippen LogP contribution is -1.77. The third kappa shape index (κ3) is 1.23. The Labute approximate surface area is 96.0 Å². The quantitative estimate of drug-likeness (QED) is 0.691. The van der Waals surface area contributed by atoms with Gasteiger partial charge in [0.25, 0.3) is 0 Å². The van der Waals surface area contributed by atoms with Crippen molar-refractivity contribution in [3.05, 3.63) is 42.1 Å². The van der Waals surface area contributed by atoms with E-state index in [0.29, 0.717) is 0 Å². The van der Waals surface area contributed by atoms with E-state index < -0.39 is 0 Å². The van der Waals surface area contributed by atoms with Gasteiger partial charge >= 0.3 is 0 Å². The summed E-state index contributed by atoms with van der Waals surface area (Å²) in [5.74, 6) is 0. The van der Waals surface area contributed by atoms with Crippen molar-refractivity contribution < 1.29 is 0 Å². The van der Waals surface area contributed by atoms with Gasteiger partial charge in [-0.1, -0.05) is 18.2 Å². The van der Waals surface area contributed by atoms with Crippen molar-refractivity contribution >= 4 is 21.4 Å². The molecule has 0 saturated heterocycles. The molecule has 0 atom stereocenters. The van der Waals surface area contributed by atoms with Crippen LogP contribution in [0.5, 0.6) is 0 Å². The number of aromatic amines is 1. The van der Waals surface area contributed by atoms with Gasteiger partial charge in [0.05, 0.1) is 16.1 Å². The van der Waals surface area contributed by atoms with Crippen LogP contribution in [0.3, 0.4) is 0 Å². The van der Waals surface area contributed by atoms with E-state index in [-0.39, 0.29) is 0 Å². The molecule has 0 unspecified atom stereocenters. The molecule has 3 rings (SSSR count). The summed E-state index contributed by atoms with van der Waals surface area (Å²) in [5.41, 5.74) is 1.63. The number of nitrogens with zero attached hydrogens (tertiary/aromatic N) is 2. The molecule has 0 bridgehead atoms. The molecule has 0 radical (unpaired) electrons. The van der Waals surface area contributed by atoms with Crippen molar-refractivity contribution in [2.24, 2.45) is 0 Å². The first-order chi connectivity index (χ1) is 7.90. The van der Waals surface area contributed by atoms with Crippen molar-refractivity contribution in [2.45, 2.75) is 0 Å². The van der Waals surface area contributed by atoms with Crippen LogP contribution in [-0.4, -0.2) is 10.2 Å². The van der Waals surface area contributed by atoms with Crippen molar-refractivity contribution in [2.75, 3.05) is 0 Å². The predicted molar refractivity (Wildman–Crippen MR) is 64.1 cm³/mol. The zero-order valence-electron chi connectivity index (χ0n) is 8.27. The highest BCUT2D eigenvalue weighted by Crippen LogP contribution is 2.36. The van der Waals surface area contributed by atoms with Crippen LogP contribution in [0, 0.1) is 11.3 Å². The van der Waals surface area contributed by atoms with Gasteiger partial charge < -0.3 is 0 Å². The SMILES string of the molecule is N#Cc1c(-c2ccn[nH]2)sc2ccccc12. The van der Waals surface area contributed by atoms with E-state index in [1.54, 1.807) is 17.5 Å². The summed E-state index contributed by atoms with van der Waals surface area (Å²) in [7, 11) is 0. The van der Waals surface area contributed by atoms with Crippen LogP contribution in [0.4, 0.5) is 0 Å². The lowest BCUT2D eigenvalue weighted by Gasteiger charge is -1.91. The lowest BCUT2D eigenvalue weighted by molar-refractivity contribution is 1.10. The minimum absolute atomic E-state index is 0.727. The molecule has 76 valence electrons. The van der Waals surface area contributed by atoms with Gasteiger partial charge in [-0.3, -0.25) is 5.10 Å². The summed E-state index contributed by atoms with van der Waals surface area (Å²) in [5, 5.41) is 17.1. The highest BCUT2D eigenvalue weighted by molar-refractivity contribution is 7.22. The number of nitrogens with one attached hydrogen (secondary N) is 1. The summed E-state index contributed by atoms with van der Waals surface area (Å²) in [6.45, 7) is 0. The second kappa shape index (κ2) is 3.47. The number of H-pyrrole nitrogens is 1. The van der Waals surface area contributed by atoms with Crippen LogP contribution in [-0.2, 0) is 0 Å². The fourth-order valence-corrected chi connectivity index (χ4v) is 2.86. The summed E-state index contributed by atoms with van der Waals surface area (Å²) in [4.78, 5) is 0.959. The summed E-state index contributed by atoms with van der Waals surface area (Å²) in [6, 6.07) is 12.1. The Morgan fingerprint density at radius 3 is 2.88 bits per heavy atom. The van der Waals surface area contributed by atoms with Crippen LogP contribution in [0.15, 0.2) is 36.5 Å². The summed E-state index contributed by atoms with van der Waals surface area (Å²) >= 11 is 1.61. The summed E-state index contributed by atoms with van der Waals surface area (Å²) in [6.07, 6.45) is 1.70. The minimum atomic E-state index is 0.727. The minimum Gasteiger partial charge on any atom is -0.277 e. The number of aromatic nitrogens is 2. The van der Waals surface area contributed by atoms with Crippen molar-refractivity contribution in [1.29, 1.82) is 5.26 Å². The maximum absolute atomic E-state index is 9.23. The molecule has 0 aliphatic rings. The molecule has 0 fully saturated rings. The number of fused-ring (bicyclic) bond motifs is 1. The molecule has 0 spiro atoms. The molecule has 2 heterocycles. The second-order valence-electron chi connectivity index (χ2n) is 3.38. The van der Waals surface area contributed by atoms with E-state index in [1.807, 2.05) is 30.3 Å². The van der Waals surface area contributed by atoms with Crippen LogP contribution < -0.4 is 0 Å². The number of rotatable bonds is 1. The number of hydrogen-bond acceptors (Lipinski definition) is 3. The van der Waals surface area contributed by atoms with Crippen LogP contribution in [0.1, 0.15) is 5.56 Å². The van der Waals surface area contributed by atoms with Crippen molar-refractivity contribution in [1.82, 2.24) is 10.2 Å². The first kappa shape index (κ1) is 9.13. The number of thiophene rings is 1. The maximum atomic E-state index is 9.23. The van der Waals surface area contributed by atoms with Gasteiger partial charge in [-0.05, 0) is 12.1 Å². The molecule has 0 saturated carbocycles. The molecule has 4 heteroatoms. The number of benzene rings is 1. The van der Waals surface area contributed by atoms with E-state index in [1.165, 1.54) is 0 Å². The average Bonchev–Trinajstić information content (AvgIpc) is 2.95. The third-order valence-corrected chi connectivity index (χ3v) is 3.66. The molecule has 0 amide bonds. The standard InChI is InChI=1S/C12H7N3S/c13-7-9-8-3-1-2-4-11(8)16-12(9)10-5-6-14-15-10/h1-6H,(H,14,15). The molecule has 3 aromatic rings. The Hall–Kier alpha value is -2.12. The molecular weight excluding hydrogens is 218 g/mol. The predicted octanol–water partition coefficient (Wildman–Crippen LogP) is 3.16. The average molecular weight is 225 g/mol. The van der Waals surface area contributed by atoms with Crippen molar-refractivity contribution in [3.63, 3.8) is 0 Å². The third-order valence-electron chi connectivity index (χ3n) is 2.45. The van der Waals surface area contributed by atoms with E-state index in [2.05, 4.69) is 16.3 Å². The Kier molecular flexibility index (Phi) is 1.98. The van der Waals surface area contributed by atoms with E-state index in [9.17, 15) is 5.26 Å². The van der Waals surface area contributed by atoms with Crippen molar-refractivity contribution in [3.8, 4) is 16.6 Å². The van der Waals surface area contributed by atoms with E-state index in [0.717, 1.165) is 26.2 Å². The monoisotopic (exact) mass is 225 g/mol. The Bertz CT molecular complexity index is 674. The van der Waals surface area contributed by atoms with Crippen LogP contribution >= 0.6 is 11.3 Å². The highest BCUT2D eigenvalue weighted by atomic mass is 32.1. The first-order valence-corrected chi connectivity index (χ1v) is 5.63. The molecule has 16 heavy (non-hydrogen) atoms. The van der Waals surface area contributed by atoms with Crippen LogP contribution in [0.2, 0.25) is 0 Å². The topological polar surface area (TPSA) is 52.5 Å². The highest BCUT2D eigenvalue weighted by Gasteiger charge is 2.13. The molecule has 3 nitrogen and oxygen atoms in total. The number of hydrogen-bond donors (Lipinski definition) is 1. The van der Waals surface area contributed by atoms with Gasteiger partial charge in [-0.25, -0.2) is 0 Å². The van der Waals surface area contributed by atoms with Gasteiger partial charge in [-0.15, -0.1) is 11.3 Å². The lowest BCUT2D eigenvalue weighted by atomic mass is 10.1. The van der Waals surface area contributed by atoms with Gasteiger partial charge in [0, 0.05) is 16.3 Å². The second-order valence-corrected chi connectivity index (χ2v) is 4.44. The molecular formula is C12H7N3S. The van der Waals surface area contributed by atoms with E-state index >= 15 is 0 Å². The Morgan fingerprint density at radius 1 is 1.25 bits per heavy atom. The first-order valence-electron chi connectivity index (χ1n) is 4.81. The van der Waals surface area contributed by atoms with E-state index in [4.69, 9.17) is 0 Å². The molecule has 1 aromatic carbocycles. The zero-order valence-corrected chi connectivity index (χ0v) is 9.08. The largest absolute Gasteiger partial charge is 0.277 e. The molecule has 1 N–H and O–H groups in total. The zero-order chi connectivity index (χ0) is 11.0. The fourth-order valence-electron chi connectivity index (χ4n) is 1.73. The smallest absolute Gasteiger partial charge is 0.101 e. The summed E-state index contributed by atoms with van der Waals surface area (Å²) < 4.78 is 1.13. The molecule has 0 aliphatic heterocycles. The fraction of sp³-hybridized carbons (Fsp3) is 0. The normalized spacial score (nSPS) is 10.4. The number of nitriles is 1. The van der Waals surface area contributed by atoms with Gasteiger partial charge in [0.15, 0.2) is 0 Å². The maximum Gasteiger partial charge on any atom is 0.101 e.